The van der Waals surface area contributed by atoms with Gasteiger partial charge in [0.15, 0.2) is 0 Å². The zero-order chi connectivity index (χ0) is 9.52. The summed E-state index contributed by atoms with van der Waals surface area (Å²) in [6.07, 6.45) is 4.73. The fraction of sp³-hybridized carbons (Fsp3) is 0.500. The molecule has 1 aromatic rings. The first kappa shape index (κ1) is 10.5. The molecule has 0 amide bonds. The quantitative estimate of drug-likeness (QED) is 0.674. The Balaban J connectivity index is 2.32. The predicted molar refractivity (Wildman–Crippen MR) is 55.9 cm³/mol. The van der Waals surface area contributed by atoms with E-state index in [4.69, 9.17) is 11.6 Å². The van der Waals surface area contributed by atoms with Crippen LogP contribution in [0.1, 0.15) is 12.0 Å². The summed E-state index contributed by atoms with van der Waals surface area (Å²) in [5.74, 6) is 0.734. The van der Waals surface area contributed by atoms with Gasteiger partial charge in [-0.05, 0) is 31.6 Å². The summed E-state index contributed by atoms with van der Waals surface area (Å²) in [4.78, 5) is 6.31. The summed E-state index contributed by atoms with van der Waals surface area (Å²) >= 11 is 5.61. The molecule has 0 aromatic carbocycles. The summed E-state index contributed by atoms with van der Waals surface area (Å²) in [6, 6.07) is 4.05. The molecule has 1 heterocycles. The van der Waals surface area contributed by atoms with Crippen LogP contribution in [0.3, 0.4) is 0 Å². The molecular weight excluding hydrogens is 184 g/mol. The van der Waals surface area contributed by atoms with Gasteiger partial charge >= 0.3 is 0 Å². The third-order valence-electron chi connectivity index (χ3n) is 1.85. The Morgan fingerprint density at radius 3 is 3.00 bits per heavy atom. The Hall–Kier alpha value is -0.600. The van der Waals surface area contributed by atoms with Gasteiger partial charge in [0.2, 0.25) is 0 Å². The third-order valence-corrected chi connectivity index (χ3v) is 2.12. The number of hydrogen-bond acceptors (Lipinski definition) is 2. The second-order valence-corrected chi connectivity index (χ2v) is 3.52. The number of hydrogen-bond donors (Lipinski definition) is 0. The van der Waals surface area contributed by atoms with Gasteiger partial charge in [0.25, 0.3) is 0 Å². The van der Waals surface area contributed by atoms with Crippen molar-refractivity contribution in [2.24, 2.45) is 0 Å². The lowest BCUT2D eigenvalue weighted by molar-refractivity contribution is 0.328. The molecule has 0 saturated heterocycles. The van der Waals surface area contributed by atoms with E-state index >= 15 is 0 Å². The van der Waals surface area contributed by atoms with Crippen LogP contribution in [0.5, 0.6) is 0 Å². The number of alkyl halides is 1. The molecule has 0 radical (unpaired) electrons. The lowest BCUT2D eigenvalue weighted by Crippen LogP contribution is -2.19. The molecule has 1 aromatic heterocycles. The molecule has 0 bridgehead atoms. The van der Waals surface area contributed by atoms with Crippen LogP contribution in [0.4, 0.5) is 0 Å². The lowest BCUT2D eigenvalue weighted by atomic mass is 10.2. The molecule has 0 aliphatic carbocycles. The molecule has 72 valence electrons. The van der Waals surface area contributed by atoms with Gasteiger partial charge in [-0.25, -0.2) is 0 Å². The van der Waals surface area contributed by atoms with Crippen LogP contribution in [0.2, 0.25) is 0 Å². The molecule has 3 heteroatoms. The highest BCUT2D eigenvalue weighted by molar-refractivity contribution is 6.17. The van der Waals surface area contributed by atoms with Crippen molar-refractivity contribution in [3.8, 4) is 0 Å². The van der Waals surface area contributed by atoms with Gasteiger partial charge in [-0.3, -0.25) is 4.98 Å². The Morgan fingerprint density at radius 1 is 1.54 bits per heavy atom. The van der Waals surface area contributed by atoms with Crippen molar-refractivity contribution in [1.29, 1.82) is 0 Å². The van der Waals surface area contributed by atoms with Crippen molar-refractivity contribution in [3.63, 3.8) is 0 Å². The van der Waals surface area contributed by atoms with Crippen LogP contribution >= 0.6 is 11.6 Å². The maximum absolute atomic E-state index is 5.61. The van der Waals surface area contributed by atoms with Crippen LogP contribution in [-0.4, -0.2) is 29.4 Å². The van der Waals surface area contributed by atoms with Crippen molar-refractivity contribution >= 4 is 11.6 Å². The monoisotopic (exact) mass is 198 g/mol. The number of nitrogens with zero attached hydrogens (tertiary/aromatic N) is 2. The van der Waals surface area contributed by atoms with Crippen LogP contribution in [0.15, 0.2) is 24.5 Å². The number of halogens is 1. The molecule has 0 fully saturated rings. The summed E-state index contributed by atoms with van der Waals surface area (Å²) in [5, 5.41) is 0. The number of aromatic nitrogens is 1. The smallest absolute Gasteiger partial charge is 0.0312 e. The zero-order valence-electron chi connectivity index (χ0n) is 7.91. The van der Waals surface area contributed by atoms with E-state index in [-0.39, 0.29) is 0 Å². The van der Waals surface area contributed by atoms with E-state index in [1.54, 1.807) is 6.20 Å². The summed E-state index contributed by atoms with van der Waals surface area (Å²) in [5.41, 5.74) is 1.25. The van der Waals surface area contributed by atoms with Gasteiger partial charge in [-0.2, -0.15) is 0 Å². The standard InChI is InChI=1S/C10H15ClN2/c1-13(7-3-5-11)9-10-4-2-6-12-8-10/h2,4,6,8H,3,5,7,9H2,1H3. The molecule has 0 spiro atoms. The van der Waals surface area contributed by atoms with Crippen molar-refractivity contribution < 1.29 is 0 Å². The SMILES string of the molecule is CN(CCCCl)Cc1cccnc1. The molecule has 1 rings (SSSR count). The predicted octanol–water partition coefficient (Wildman–Crippen LogP) is 2.14. The first-order chi connectivity index (χ1) is 6.33. The summed E-state index contributed by atoms with van der Waals surface area (Å²) in [7, 11) is 2.10. The van der Waals surface area contributed by atoms with Crippen LogP contribution in [0.25, 0.3) is 0 Å². The second-order valence-electron chi connectivity index (χ2n) is 3.14. The van der Waals surface area contributed by atoms with Crippen molar-refractivity contribution in [1.82, 2.24) is 9.88 Å². The summed E-state index contributed by atoms with van der Waals surface area (Å²) < 4.78 is 0. The van der Waals surface area contributed by atoms with E-state index in [1.807, 2.05) is 12.3 Å². The first-order valence-electron chi connectivity index (χ1n) is 4.46. The second kappa shape index (κ2) is 5.95. The van der Waals surface area contributed by atoms with Crippen molar-refractivity contribution in [2.75, 3.05) is 19.5 Å². The van der Waals surface area contributed by atoms with Gasteiger partial charge in [0.05, 0.1) is 0 Å². The molecule has 0 aliphatic rings. The fourth-order valence-corrected chi connectivity index (χ4v) is 1.33. The normalized spacial score (nSPS) is 10.7. The lowest BCUT2D eigenvalue weighted by Gasteiger charge is -2.15. The molecule has 0 saturated carbocycles. The van der Waals surface area contributed by atoms with E-state index < -0.39 is 0 Å². The summed E-state index contributed by atoms with van der Waals surface area (Å²) in [6.45, 7) is 1.99. The minimum absolute atomic E-state index is 0.734. The molecule has 0 atom stereocenters. The largest absolute Gasteiger partial charge is 0.302 e. The van der Waals surface area contributed by atoms with Gasteiger partial charge < -0.3 is 4.90 Å². The highest BCUT2D eigenvalue weighted by Gasteiger charge is 1.98. The Kier molecular flexibility index (Phi) is 4.79. The first-order valence-corrected chi connectivity index (χ1v) is 5.00. The zero-order valence-corrected chi connectivity index (χ0v) is 8.67. The number of pyridine rings is 1. The van der Waals surface area contributed by atoms with Crippen molar-refractivity contribution in [3.05, 3.63) is 30.1 Å². The Labute approximate surface area is 84.5 Å². The molecule has 0 N–H and O–H groups in total. The maximum atomic E-state index is 5.61. The third kappa shape index (κ3) is 4.25. The van der Waals surface area contributed by atoms with E-state index in [0.717, 1.165) is 25.4 Å². The fourth-order valence-electron chi connectivity index (χ4n) is 1.21. The van der Waals surface area contributed by atoms with Crippen LogP contribution in [-0.2, 0) is 6.54 Å². The molecule has 0 aliphatic heterocycles. The van der Waals surface area contributed by atoms with E-state index in [1.165, 1.54) is 5.56 Å². The average molecular weight is 199 g/mol. The molecule has 0 unspecified atom stereocenters. The molecular formula is C10H15ClN2. The molecule has 13 heavy (non-hydrogen) atoms. The van der Waals surface area contributed by atoms with Crippen molar-refractivity contribution in [2.45, 2.75) is 13.0 Å². The van der Waals surface area contributed by atoms with Gasteiger partial charge in [0, 0.05) is 24.8 Å². The van der Waals surface area contributed by atoms with Gasteiger partial charge in [0.1, 0.15) is 0 Å². The maximum Gasteiger partial charge on any atom is 0.0312 e. The number of rotatable bonds is 5. The highest BCUT2D eigenvalue weighted by atomic mass is 35.5. The highest BCUT2D eigenvalue weighted by Crippen LogP contribution is 2.01. The minimum Gasteiger partial charge on any atom is -0.302 e. The van der Waals surface area contributed by atoms with E-state index in [0.29, 0.717) is 0 Å². The Bertz CT molecular complexity index is 226. The van der Waals surface area contributed by atoms with E-state index in [2.05, 4.69) is 23.0 Å². The topological polar surface area (TPSA) is 16.1 Å². The minimum atomic E-state index is 0.734. The Morgan fingerprint density at radius 2 is 2.38 bits per heavy atom. The van der Waals surface area contributed by atoms with E-state index in [9.17, 15) is 0 Å². The van der Waals surface area contributed by atoms with Crippen LogP contribution in [0, 0.1) is 0 Å². The molecule has 2 nitrogen and oxygen atoms in total. The van der Waals surface area contributed by atoms with Gasteiger partial charge in [-0.15, -0.1) is 11.6 Å². The van der Waals surface area contributed by atoms with Crippen LogP contribution < -0.4 is 0 Å². The average Bonchev–Trinajstić information content (AvgIpc) is 2.16. The van der Waals surface area contributed by atoms with Gasteiger partial charge in [-0.1, -0.05) is 6.07 Å².